The van der Waals surface area contributed by atoms with Crippen molar-refractivity contribution in [3.05, 3.63) is 28.9 Å². The molecule has 0 saturated carbocycles. The number of nitrogens with zero attached hydrogens (tertiary/aromatic N) is 2. The lowest BCUT2D eigenvalue weighted by molar-refractivity contribution is 0.606. The summed E-state index contributed by atoms with van der Waals surface area (Å²) in [6, 6.07) is 1.48. The van der Waals surface area contributed by atoms with E-state index < -0.39 is 0 Å². The maximum Gasteiger partial charge on any atom is 0.253 e. The minimum Gasteiger partial charge on any atom is -0.299 e. The quantitative estimate of drug-likeness (QED) is 0.580. The van der Waals surface area contributed by atoms with Gasteiger partial charge in [0, 0.05) is 24.1 Å². The van der Waals surface area contributed by atoms with Crippen LogP contribution in [0.5, 0.6) is 0 Å². The number of alkyl halides is 1. The average Bonchev–Trinajstić information content (AvgIpc) is 2.09. The molecule has 0 unspecified atom stereocenters. The topological polar surface area (TPSA) is 34.9 Å². The van der Waals surface area contributed by atoms with E-state index >= 15 is 0 Å². The third-order valence-corrected chi connectivity index (χ3v) is 2.14. The van der Waals surface area contributed by atoms with Gasteiger partial charge in [0.1, 0.15) is 0 Å². The van der Waals surface area contributed by atoms with Crippen molar-refractivity contribution in [3.8, 4) is 0 Å². The Morgan fingerprint density at radius 3 is 3.00 bits per heavy atom. The van der Waals surface area contributed by atoms with Crippen LogP contribution in [0, 0.1) is 0 Å². The van der Waals surface area contributed by atoms with Gasteiger partial charge in [-0.3, -0.25) is 9.36 Å². The number of aryl methyl sites for hydroxylation is 1. The molecule has 1 heterocycles. The van der Waals surface area contributed by atoms with Crippen LogP contribution < -0.4 is 5.56 Å². The highest BCUT2D eigenvalue weighted by Crippen LogP contribution is 1.95. The summed E-state index contributed by atoms with van der Waals surface area (Å²) >= 11 is 3.34. The summed E-state index contributed by atoms with van der Waals surface area (Å²) in [7, 11) is 0. The van der Waals surface area contributed by atoms with Gasteiger partial charge in [-0.25, -0.2) is 4.98 Å². The molecule has 3 nitrogen and oxygen atoms in total. The molecule has 0 saturated heterocycles. The highest BCUT2D eigenvalue weighted by Gasteiger charge is 1.92. The van der Waals surface area contributed by atoms with Crippen LogP contribution in [0.15, 0.2) is 23.4 Å². The molecule has 1 aromatic heterocycles. The Hall–Kier alpha value is -0.640. The van der Waals surface area contributed by atoms with Gasteiger partial charge in [0.15, 0.2) is 0 Å². The molecule has 1 rings (SSSR count). The molecular formula is C8H11BrN2O. The maximum atomic E-state index is 11.1. The highest BCUT2D eigenvalue weighted by atomic mass is 79.9. The van der Waals surface area contributed by atoms with E-state index in [0.717, 1.165) is 24.7 Å². The molecule has 0 fully saturated rings. The highest BCUT2D eigenvalue weighted by molar-refractivity contribution is 9.09. The molecule has 0 spiro atoms. The molecule has 0 aromatic carbocycles. The first-order chi connectivity index (χ1) is 5.84. The van der Waals surface area contributed by atoms with Crippen LogP contribution in [0.4, 0.5) is 0 Å². The first-order valence-corrected chi connectivity index (χ1v) is 5.03. The van der Waals surface area contributed by atoms with E-state index in [2.05, 4.69) is 20.9 Å². The van der Waals surface area contributed by atoms with Gasteiger partial charge < -0.3 is 0 Å². The van der Waals surface area contributed by atoms with Gasteiger partial charge in [0.2, 0.25) is 0 Å². The normalized spacial score (nSPS) is 10.1. The molecule has 4 heteroatoms. The number of rotatable bonds is 4. The summed E-state index contributed by atoms with van der Waals surface area (Å²) in [6.45, 7) is 0.762. The smallest absolute Gasteiger partial charge is 0.253 e. The fraction of sp³-hybridized carbons (Fsp3) is 0.500. The van der Waals surface area contributed by atoms with E-state index in [1.54, 1.807) is 10.9 Å². The molecule has 0 aliphatic heterocycles. The zero-order valence-corrected chi connectivity index (χ0v) is 8.33. The van der Waals surface area contributed by atoms with Crippen LogP contribution >= 0.6 is 15.9 Å². The predicted molar refractivity (Wildman–Crippen MR) is 51.5 cm³/mol. The predicted octanol–water partition coefficient (Wildman–Crippen LogP) is 1.42. The van der Waals surface area contributed by atoms with Crippen molar-refractivity contribution < 1.29 is 0 Å². The lowest BCUT2D eigenvalue weighted by atomic mass is 10.3. The van der Waals surface area contributed by atoms with Crippen molar-refractivity contribution in [2.45, 2.75) is 19.4 Å². The Balaban J connectivity index is 2.52. The molecule has 0 amide bonds. The molecule has 0 atom stereocenters. The van der Waals surface area contributed by atoms with Crippen molar-refractivity contribution in [1.29, 1.82) is 0 Å². The number of unbranched alkanes of at least 4 members (excludes halogenated alkanes) is 1. The lowest BCUT2D eigenvalue weighted by Gasteiger charge is -2.01. The van der Waals surface area contributed by atoms with Gasteiger partial charge in [-0.05, 0) is 12.8 Å². The summed E-state index contributed by atoms with van der Waals surface area (Å²) < 4.78 is 1.63. The van der Waals surface area contributed by atoms with Crippen LogP contribution in [-0.4, -0.2) is 14.9 Å². The lowest BCUT2D eigenvalue weighted by Crippen LogP contribution is -2.18. The maximum absolute atomic E-state index is 11.1. The summed E-state index contributed by atoms with van der Waals surface area (Å²) in [5.41, 5.74) is 0.0274. The van der Waals surface area contributed by atoms with Gasteiger partial charge in [-0.2, -0.15) is 0 Å². The summed E-state index contributed by atoms with van der Waals surface area (Å²) in [5, 5.41) is 0.988. The Bertz CT molecular complexity index is 284. The Labute approximate surface area is 79.6 Å². The molecule has 0 N–H and O–H groups in total. The van der Waals surface area contributed by atoms with Crippen LogP contribution in [0.25, 0.3) is 0 Å². The zero-order valence-electron chi connectivity index (χ0n) is 6.74. The van der Waals surface area contributed by atoms with Gasteiger partial charge in [-0.15, -0.1) is 0 Å². The number of hydrogen-bond acceptors (Lipinski definition) is 2. The Morgan fingerprint density at radius 1 is 1.50 bits per heavy atom. The van der Waals surface area contributed by atoms with Gasteiger partial charge in [0.05, 0.1) is 6.33 Å². The second-order valence-electron chi connectivity index (χ2n) is 2.51. The molecule has 1 aromatic rings. The van der Waals surface area contributed by atoms with Crippen LogP contribution in [-0.2, 0) is 6.54 Å². The number of hydrogen-bond donors (Lipinski definition) is 0. The van der Waals surface area contributed by atoms with E-state index in [0.29, 0.717) is 0 Å². The van der Waals surface area contributed by atoms with Gasteiger partial charge >= 0.3 is 0 Å². The first kappa shape index (κ1) is 9.45. The van der Waals surface area contributed by atoms with Crippen LogP contribution in [0.3, 0.4) is 0 Å². The SMILES string of the molecule is O=c1ccncn1CCCCBr. The van der Waals surface area contributed by atoms with Crippen molar-refractivity contribution in [3.63, 3.8) is 0 Å². The molecule has 0 bridgehead atoms. The minimum absolute atomic E-state index is 0.0274. The summed E-state index contributed by atoms with van der Waals surface area (Å²) in [4.78, 5) is 15.0. The second-order valence-corrected chi connectivity index (χ2v) is 3.30. The largest absolute Gasteiger partial charge is 0.299 e. The van der Waals surface area contributed by atoms with Crippen molar-refractivity contribution in [2.24, 2.45) is 0 Å². The molecule has 66 valence electrons. The zero-order chi connectivity index (χ0) is 8.81. The van der Waals surface area contributed by atoms with E-state index in [9.17, 15) is 4.79 Å². The molecule has 0 aliphatic carbocycles. The van der Waals surface area contributed by atoms with Gasteiger partial charge in [-0.1, -0.05) is 15.9 Å². The van der Waals surface area contributed by atoms with Crippen molar-refractivity contribution in [2.75, 3.05) is 5.33 Å². The van der Waals surface area contributed by atoms with Crippen LogP contribution in [0.2, 0.25) is 0 Å². The van der Waals surface area contributed by atoms with E-state index in [1.165, 1.54) is 12.3 Å². The minimum atomic E-state index is 0.0274. The van der Waals surface area contributed by atoms with Gasteiger partial charge in [0.25, 0.3) is 5.56 Å². The van der Waals surface area contributed by atoms with E-state index in [1.807, 2.05) is 0 Å². The van der Waals surface area contributed by atoms with E-state index in [-0.39, 0.29) is 5.56 Å². The second kappa shape index (κ2) is 5.09. The Morgan fingerprint density at radius 2 is 2.33 bits per heavy atom. The fourth-order valence-electron chi connectivity index (χ4n) is 0.923. The molecule has 12 heavy (non-hydrogen) atoms. The fourth-order valence-corrected chi connectivity index (χ4v) is 1.32. The first-order valence-electron chi connectivity index (χ1n) is 3.91. The standard InChI is InChI=1S/C8H11BrN2O/c9-4-1-2-6-11-7-10-5-3-8(11)12/h3,5,7H,1-2,4,6H2. The number of aromatic nitrogens is 2. The third-order valence-electron chi connectivity index (χ3n) is 1.57. The molecule has 0 radical (unpaired) electrons. The monoisotopic (exact) mass is 230 g/mol. The van der Waals surface area contributed by atoms with Crippen molar-refractivity contribution >= 4 is 15.9 Å². The summed E-state index contributed by atoms with van der Waals surface area (Å²) in [6.07, 6.45) is 5.19. The average molecular weight is 231 g/mol. The summed E-state index contributed by atoms with van der Waals surface area (Å²) in [5.74, 6) is 0. The van der Waals surface area contributed by atoms with Crippen LogP contribution in [0.1, 0.15) is 12.8 Å². The van der Waals surface area contributed by atoms with Crippen molar-refractivity contribution in [1.82, 2.24) is 9.55 Å². The Kier molecular flexibility index (Phi) is 4.00. The third kappa shape index (κ3) is 2.77. The van der Waals surface area contributed by atoms with E-state index in [4.69, 9.17) is 0 Å². The number of halogens is 1. The molecule has 0 aliphatic rings. The molecular weight excluding hydrogens is 220 g/mol.